The average Bonchev–Trinajstić information content (AvgIpc) is 1.98. The smallest absolute Gasteiger partial charge is 0.184 e. The lowest BCUT2D eigenvalue weighted by Gasteiger charge is -2.09. The fourth-order valence-corrected chi connectivity index (χ4v) is 5.35. The largest absolute Gasteiger partial charge is 0.224 e. The Hall–Kier alpha value is 1.71. The third-order valence-electron chi connectivity index (χ3n) is 1.15. The van der Waals surface area contributed by atoms with Crippen molar-refractivity contribution in [3.63, 3.8) is 0 Å². The highest BCUT2D eigenvalue weighted by Crippen LogP contribution is 2.46. The molecule has 0 heterocycles. The minimum Gasteiger partial charge on any atom is -0.184 e. The fraction of sp³-hybridized carbons (Fsp3) is 0.800. The second-order valence-electron chi connectivity index (χ2n) is 2.38. The summed E-state index contributed by atoms with van der Waals surface area (Å²) in [6.45, 7) is 4.15. The molecule has 7 heteroatoms. The molecule has 0 aliphatic rings. The molecule has 0 bridgehead atoms. The maximum absolute atomic E-state index is 10.5. The van der Waals surface area contributed by atoms with E-state index in [1.165, 1.54) is 0 Å². The molecule has 0 radical (unpaired) electrons. The quantitative estimate of drug-likeness (QED) is 0.336. The van der Waals surface area contributed by atoms with Crippen LogP contribution in [-0.2, 0) is 10.3 Å². The third kappa shape index (κ3) is 6.21. The summed E-state index contributed by atoms with van der Waals surface area (Å²) in [6, 6.07) is 0. The van der Waals surface area contributed by atoms with Crippen LogP contribution in [0.1, 0.15) is 6.92 Å². The first-order chi connectivity index (χ1) is 5.45. The highest BCUT2D eigenvalue weighted by molar-refractivity contribution is 14.1. The van der Waals surface area contributed by atoms with Crippen LogP contribution in [0.4, 0.5) is 0 Å². The van der Waals surface area contributed by atoms with Crippen LogP contribution in [0, 0.1) is 0 Å². The number of hydrogen-bond donors (Lipinski definition) is 0. The molecular formula is C5H12IO2P3S. The standard InChI is InChI=1S/C5H12IO2P3S/c1-4(5(6)12(7)8)10-3-11(2)9/h4,10H,3,9H2,1-2H3. The molecule has 0 aliphatic heterocycles. The lowest BCUT2D eigenvalue weighted by molar-refractivity contribution is 0.627. The Balaban J connectivity index is 4.06. The SMILES string of the molecule is CC(PCP(C)P)C(I)=S(=O)=O. The predicted octanol–water partition coefficient (Wildman–Crippen LogP) is 2.36. The summed E-state index contributed by atoms with van der Waals surface area (Å²) in [7, 11) is 1.56. The van der Waals surface area contributed by atoms with Crippen molar-refractivity contribution in [1.29, 1.82) is 0 Å². The van der Waals surface area contributed by atoms with Gasteiger partial charge in [0, 0.05) is 5.66 Å². The molecule has 0 fully saturated rings. The summed E-state index contributed by atoms with van der Waals surface area (Å²) < 4.78 is 21.7. The summed E-state index contributed by atoms with van der Waals surface area (Å²) in [5.41, 5.74) is 0.217. The zero-order valence-corrected chi connectivity index (χ0v) is 12.9. The van der Waals surface area contributed by atoms with Gasteiger partial charge in [0.25, 0.3) is 0 Å². The van der Waals surface area contributed by atoms with E-state index in [2.05, 4.69) is 15.6 Å². The molecule has 0 aromatic heterocycles. The molecule has 12 heavy (non-hydrogen) atoms. The number of halogens is 1. The van der Waals surface area contributed by atoms with Crippen LogP contribution in [0.3, 0.4) is 0 Å². The van der Waals surface area contributed by atoms with E-state index in [0.29, 0.717) is 2.87 Å². The van der Waals surface area contributed by atoms with Gasteiger partial charge in [-0.3, -0.25) is 0 Å². The van der Waals surface area contributed by atoms with Gasteiger partial charge in [0.1, 0.15) is 2.87 Å². The van der Waals surface area contributed by atoms with Gasteiger partial charge >= 0.3 is 0 Å². The van der Waals surface area contributed by atoms with Gasteiger partial charge in [-0.1, -0.05) is 14.5 Å². The molecule has 0 amide bonds. The Labute approximate surface area is 94.0 Å². The second kappa shape index (κ2) is 7.06. The summed E-state index contributed by atoms with van der Waals surface area (Å²) in [4.78, 5) is 0. The van der Waals surface area contributed by atoms with E-state index in [-0.39, 0.29) is 13.3 Å². The van der Waals surface area contributed by atoms with Crippen LogP contribution in [0.15, 0.2) is 0 Å². The summed E-state index contributed by atoms with van der Waals surface area (Å²) in [6.07, 6.45) is 0. The van der Waals surface area contributed by atoms with Crippen molar-refractivity contribution in [2.24, 2.45) is 0 Å². The monoisotopic (exact) mass is 356 g/mol. The van der Waals surface area contributed by atoms with E-state index >= 15 is 0 Å². The first kappa shape index (κ1) is 13.7. The average molecular weight is 356 g/mol. The summed E-state index contributed by atoms with van der Waals surface area (Å²) >= 11 is 1.92. The van der Waals surface area contributed by atoms with Crippen LogP contribution in [0.25, 0.3) is 0 Å². The third-order valence-corrected chi connectivity index (χ3v) is 9.90. The molecule has 0 rings (SSSR count). The van der Waals surface area contributed by atoms with Crippen molar-refractivity contribution in [3.8, 4) is 0 Å². The van der Waals surface area contributed by atoms with Crippen molar-refractivity contribution in [3.05, 3.63) is 0 Å². The van der Waals surface area contributed by atoms with Gasteiger partial charge in [0.2, 0.25) is 10.3 Å². The molecule has 2 nitrogen and oxygen atoms in total. The van der Waals surface area contributed by atoms with Crippen molar-refractivity contribution in [2.45, 2.75) is 12.6 Å². The van der Waals surface area contributed by atoms with Crippen LogP contribution in [0.5, 0.6) is 0 Å². The van der Waals surface area contributed by atoms with Gasteiger partial charge in [-0.05, 0) is 35.2 Å². The number of hydrogen-bond acceptors (Lipinski definition) is 2. The van der Waals surface area contributed by atoms with Crippen LogP contribution < -0.4 is 0 Å². The molecule has 4 atom stereocenters. The van der Waals surface area contributed by atoms with E-state index in [1.54, 1.807) is 0 Å². The minimum atomic E-state index is -1.99. The van der Waals surface area contributed by atoms with Crippen LogP contribution >= 0.6 is 47.7 Å². The molecule has 0 saturated carbocycles. The molecular weight excluding hydrogens is 344 g/mol. The zero-order chi connectivity index (χ0) is 9.72. The maximum atomic E-state index is 10.5. The fourth-order valence-electron chi connectivity index (χ4n) is 0.506. The summed E-state index contributed by atoms with van der Waals surface area (Å²) in [5.74, 6) is 1.14. The summed E-state index contributed by atoms with van der Waals surface area (Å²) in [5, 5.41) is 0. The van der Waals surface area contributed by atoms with Crippen molar-refractivity contribution in [2.75, 3.05) is 12.6 Å². The molecule has 0 aliphatic carbocycles. The molecule has 0 N–H and O–H groups in total. The van der Waals surface area contributed by atoms with E-state index in [0.717, 1.165) is 14.5 Å². The normalized spacial score (nSPS) is 16.3. The van der Waals surface area contributed by atoms with Crippen molar-refractivity contribution < 1.29 is 8.42 Å². The van der Waals surface area contributed by atoms with Crippen LogP contribution in [-0.4, -0.2) is 29.5 Å². The van der Waals surface area contributed by atoms with Crippen molar-refractivity contribution in [1.82, 2.24) is 0 Å². The lowest BCUT2D eigenvalue weighted by Crippen LogP contribution is -2.04. The zero-order valence-electron chi connectivity index (χ0n) is 6.91. The van der Waals surface area contributed by atoms with E-state index < -0.39 is 10.3 Å². The Morgan fingerprint density at radius 2 is 2.25 bits per heavy atom. The van der Waals surface area contributed by atoms with Crippen molar-refractivity contribution >= 4 is 60.9 Å². The molecule has 4 unspecified atom stereocenters. The van der Waals surface area contributed by atoms with Gasteiger partial charge in [0.15, 0.2) is 0 Å². The Morgan fingerprint density at radius 1 is 1.75 bits per heavy atom. The molecule has 0 aromatic carbocycles. The molecule has 0 spiro atoms. The first-order valence-electron chi connectivity index (χ1n) is 3.26. The highest BCUT2D eigenvalue weighted by atomic mass is 127. The van der Waals surface area contributed by atoms with Gasteiger partial charge in [0.05, 0.1) is 0 Å². The Morgan fingerprint density at radius 3 is 2.58 bits per heavy atom. The van der Waals surface area contributed by atoms with Gasteiger partial charge in [-0.25, -0.2) is 0 Å². The second-order valence-corrected chi connectivity index (χ2v) is 11.9. The van der Waals surface area contributed by atoms with Crippen LogP contribution in [0.2, 0.25) is 0 Å². The Kier molecular flexibility index (Phi) is 8.07. The highest BCUT2D eigenvalue weighted by Gasteiger charge is 2.09. The molecule has 0 aromatic rings. The first-order valence-corrected chi connectivity index (χ1v) is 10.3. The lowest BCUT2D eigenvalue weighted by atomic mass is 10.6. The minimum absolute atomic E-state index is 0.0343. The topological polar surface area (TPSA) is 34.1 Å². The number of rotatable bonds is 4. The van der Waals surface area contributed by atoms with Gasteiger partial charge in [-0.15, -0.1) is 17.5 Å². The predicted molar refractivity (Wildman–Crippen MR) is 73.1 cm³/mol. The van der Waals surface area contributed by atoms with Gasteiger partial charge < -0.3 is 0 Å². The van der Waals surface area contributed by atoms with E-state index in [9.17, 15) is 8.42 Å². The van der Waals surface area contributed by atoms with E-state index in [4.69, 9.17) is 0 Å². The van der Waals surface area contributed by atoms with Gasteiger partial charge in [-0.2, -0.15) is 8.42 Å². The van der Waals surface area contributed by atoms with E-state index in [1.807, 2.05) is 29.5 Å². The molecule has 72 valence electrons. The Bertz CT molecular complexity index is 254. The molecule has 0 saturated heterocycles. The maximum Gasteiger partial charge on any atom is 0.224 e.